The zero-order valence-corrected chi connectivity index (χ0v) is 22.2. The highest BCUT2D eigenvalue weighted by Crippen LogP contribution is 2.40. The molecule has 0 spiro atoms. The summed E-state index contributed by atoms with van der Waals surface area (Å²) in [5.41, 5.74) is 4.13. The van der Waals surface area contributed by atoms with Crippen molar-refractivity contribution in [1.29, 1.82) is 0 Å². The van der Waals surface area contributed by atoms with Gasteiger partial charge in [-0.2, -0.15) is 0 Å². The van der Waals surface area contributed by atoms with E-state index in [9.17, 15) is 13.5 Å². The van der Waals surface area contributed by atoms with Crippen molar-refractivity contribution in [3.8, 4) is 10.9 Å². The largest absolute Gasteiger partial charge is 0.431 e. The predicted octanol–water partition coefficient (Wildman–Crippen LogP) is 4.87. The number of ether oxygens (including phenoxy) is 2. The van der Waals surface area contributed by atoms with Gasteiger partial charge in [0.15, 0.2) is 9.84 Å². The second-order valence-electron chi connectivity index (χ2n) is 8.71. The van der Waals surface area contributed by atoms with Gasteiger partial charge in [0.2, 0.25) is 6.41 Å². The lowest BCUT2D eigenvalue weighted by Gasteiger charge is -2.38. The number of thiazole rings is 1. The number of aliphatic hydroxyl groups excluding tert-OH is 1. The fourth-order valence-corrected chi connectivity index (χ4v) is 6.82. The Balaban J connectivity index is 1.45. The lowest BCUT2D eigenvalue weighted by atomic mass is 9.92. The van der Waals surface area contributed by atoms with Gasteiger partial charge in [-0.25, -0.2) is 18.3 Å². The molecule has 5 rings (SSSR count). The molecule has 0 saturated carbocycles. The first-order valence-corrected chi connectivity index (χ1v) is 14.7. The minimum atomic E-state index is -3.14. The quantitative estimate of drug-likeness (QED) is 0.303. The molecule has 1 aliphatic heterocycles. The van der Waals surface area contributed by atoms with Crippen molar-refractivity contribution >= 4 is 43.7 Å². The van der Waals surface area contributed by atoms with Crippen LogP contribution in [0, 0.1) is 0 Å². The number of nitrogens with one attached hydrogen (secondary N) is 1. The maximum Gasteiger partial charge on any atom is 0.278 e. The van der Waals surface area contributed by atoms with E-state index in [1.807, 2.05) is 54.3 Å². The van der Waals surface area contributed by atoms with Crippen LogP contribution in [-0.2, 0) is 26.7 Å². The van der Waals surface area contributed by atoms with Gasteiger partial charge in [-0.3, -0.25) is 0 Å². The van der Waals surface area contributed by atoms with Crippen LogP contribution < -0.4 is 4.74 Å². The maximum absolute atomic E-state index is 11.5. The third-order valence-electron chi connectivity index (χ3n) is 6.06. The number of rotatable bonds is 8. The van der Waals surface area contributed by atoms with Crippen molar-refractivity contribution in [3.05, 3.63) is 75.4 Å². The van der Waals surface area contributed by atoms with Gasteiger partial charge in [0.25, 0.3) is 5.19 Å². The number of hydrogen-bond acceptors (Lipinski definition) is 8. The standard InChI is InChI=1S/C25H26ClN3O5S2/c1-3-33-25(30)29-11-10-19-20-12-16(26)6-9-21(20)28-22(19)23(29)15-4-7-17(8-5-15)34-24-27-13-18(35-24)14-36(2,31)32/h4-9,12-13,23,25,28,30H,3,10-11,14H2,1-2H3. The first-order valence-electron chi connectivity index (χ1n) is 11.5. The summed E-state index contributed by atoms with van der Waals surface area (Å²) in [5.74, 6) is 0.514. The van der Waals surface area contributed by atoms with Gasteiger partial charge in [-0.1, -0.05) is 35.1 Å². The summed E-state index contributed by atoms with van der Waals surface area (Å²) in [6, 6.07) is 13.1. The number of sulfone groups is 1. The summed E-state index contributed by atoms with van der Waals surface area (Å²) in [7, 11) is -3.14. The number of nitrogens with zero attached hydrogens (tertiary/aromatic N) is 2. The summed E-state index contributed by atoms with van der Waals surface area (Å²) in [5, 5.41) is 12.9. The van der Waals surface area contributed by atoms with E-state index in [0.717, 1.165) is 28.6 Å². The van der Waals surface area contributed by atoms with Gasteiger partial charge in [-0.05, 0) is 54.8 Å². The molecule has 2 aromatic carbocycles. The molecule has 190 valence electrons. The van der Waals surface area contributed by atoms with Crippen LogP contribution in [0.5, 0.6) is 10.9 Å². The van der Waals surface area contributed by atoms with Crippen LogP contribution in [0.1, 0.15) is 34.7 Å². The van der Waals surface area contributed by atoms with Gasteiger partial charge in [0.1, 0.15) is 5.75 Å². The minimum absolute atomic E-state index is 0.0648. The van der Waals surface area contributed by atoms with Crippen LogP contribution in [0.3, 0.4) is 0 Å². The molecular formula is C25H26ClN3O5S2. The highest BCUT2D eigenvalue weighted by molar-refractivity contribution is 7.90. The lowest BCUT2D eigenvalue weighted by molar-refractivity contribution is -0.202. The zero-order chi connectivity index (χ0) is 25.4. The van der Waals surface area contributed by atoms with E-state index in [-0.39, 0.29) is 11.8 Å². The van der Waals surface area contributed by atoms with Crippen LogP contribution in [0.15, 0.2) is 48.7 Å². The lowest BCUT2D eigenvalue weighted by Crippen LogP contribution is -2.44. The SMILES string of the molecule is CCOC(O)N1CCc2c([nH]c3ccc(Cl)cc23)C1c1ccc(Oc2ncc(CS(C)(=O)=O)s2)cc1. The predicted molar refractivity (Wildman–Crippen MR) is 140 cm³/mol. The summed E-state index contributed by atoms with van der Waals surface area (Å²) in [4.78, 5) is 10.3. The van der Waals surface area contributed by atoms with E-state index in [4.69, 9.17) is 21.1 Å². The Hall–Kier alpha value is -2.47. The third kappa shape index (κ3) is 5.29. The summed E-state index contributed by atoms with van der Waals surface area (Å²) in [6.07, 6.45) is 2.41. The molecule has 2 N–H and O–H groups in total. The van der Waals surface area contributed by atoms with Crippen molar-refractivity contribution in [1.82, 2.24) is 14.9 Å². The molecule has 2 aromatic heterocycles. The molecule has 2 unspecified atom stereocenters. The number of aromatic nitrogens is 2. The van der Waals surface area contributed by atoms with Crippen LogP contribution in [0.2, 0.25) is 5.02 Å². The van der Waals surface area contributed by atoms with Crippen molar-refractivity contribution < 1.29 is 23.0 Å². The van der Waals surface area contributed by atoms with Gasteiger partial charge < -0.3 is 19.6 Å². The van der Waals surface area contributed by atoms with Crippen molar-refractivity contribution in [2.45, 2.75) is 31.6 Å². The molecule has 0 fully saturated rings. The molecule has 0 bridgehead atoms. The first-order chi connectivity index (χ1) is 17.2. The minimum Gasteiger partial charge on any atom is -0.431 e. The fourth-order valence-electron chi connectivity index (χ4n) is 4.60. The van der Waals surface area contributed by atoms with E-state index in [0.29, 0.717) is 34.0 Å². The Kier molecular flexibility index (Phi) is 7.08. The van der Waals surface area contributed by atoms with E-state index < -0.39 is 16.3 Å². The van der Waals surface area contributed by atoms with Gasteiger partial charge in [-0.15, -0.1) is 0 Å². The molecule has 2 atom stereocenters. The number of aromatic amines is 1. The average molecular weight is 548 g/mol. The maximum atomic E-state index is 11.5. The molecule has 0 radical (unpaired) electrons. The summed E-state index contributed by atoms with van der Waals surface area (Å²) < 4.78 is 34.5. The molecule has 36 heavy (non-hydrogen) atoms. The highest BCUT2D eigenvalue weighted by atomic mass is 35.5. The van der Waals surface area contributed by atoms with Crippen molar-refractivity contribution in [3.63, 3.8) is 0 Å². The molecule has 0 aliphatic carbocycles. The Labute approximate surface area is 218 Å². The van der Waals surface area contributed by atoms with E-state index in [1.54, 1.807) is 0 Å². The first kappa shape index (κ1) is 25.2. The number of aliphatic hydroxyl groups is 1. The third-order valence-corrected chi connectivity index (χ3v) is 8.19. The number of hydrogen-bond donors (Lipinski definition) is 2. The fraction of sp³-hybridized carbons (Fsp3) is 0.320. The van der Waals surface area contributed by atoms with Gasteiger partial charge in [0.05, 0.1) is 11.8 Å². The van der Waals surface area contributed by atoms with Crippen LogP contribution in [0.4, 0.5) is 0 Å². The molecular weight excluding hydrogens is 522 g/mol. The molecule has 0 saturated heterocycles. The Morgan fingerprint density at radius 3 is 2.78 bits per heavy atom. The second-order valence-corrected chi connectivity index (χ2v) is 12.4. The molecule has 8 nitrogen and oxygen atoms in total. The van der Waals surface area contributed by atoms with Gasteiger partial charge >= 0.3 is 0 Å². The highest BCUT2D eigenvalue weighted by Gasteiger charge is 2.35. The topological polar surface area (TPSA) is 105 Å². The van der Waals surface area contributed by atoms with Gasteiger partial charge in [0, 0.05) is 52.1 Å². The Morgan fingerprint density at radius 1 is 1.28 bits per heavy atom. The Morgan fingerprint density at radius 2 is 2.06 bits per heavy atom. The Bertz CT molecular complexity index is 1480. The van der Waals surface area contributed by atoms with Crippen LogP contribution in [0.25, 0.3) is 10.9 Å². The molecule has 0 amide bonds. The molecule has 4 aromatic rings. The van der Waals surface area contributed by atoms with Crippen LogP contribution in [-0.4, -0.2) is 54.2 Å². The number of fused-ring (bicyclic) bond motifs is 3. The zero-order valence-electron chi connectivity index (χ0n) is 19.8. The van der Waals surface area contributed by atoms with Crippen LogP contribution >= 0.6 is 22.9 Å². The number of halogens is 1. The molecule has 11 heteroatoms. The smallest absolute Gasteiger partial charge is 0.278 e. The monoisotopic (exact) mass is 547 g/mol. The van der Waals surface area contributed by atoms with E-state index in [2.05, 4.69) is 9.97 Å². The van der Waals surface area contributed by atoms with Crippen molar-refractivity contribution in [2.24, 2.45) is 0 Å². The summed E-state index contributed by atoms with van der Waals surface area (Å²) >= 11 is 7.48. The van der Waals surface area contributed by atoms with Crippen molar-refractivity contribution in [2.75, 3.05) is 19.4 Å². The van der Waals surface area contributed by atoms with E-state index in [1.165, 1.54) is 29.4 Å². The molecule has 3 heterocycles. The number of H-pyrrole nitrogens is 1. The van der Waals surface area contributed by atoms with E-state index >= 15 is 0 Å². The number of benzene rings is 2. The molecule has 1 aliphatic rings. The summed E-state index contributed by atoms with van der Waals surface area (Å²) in [6.45, 7) is 2.85. The average Bonchev–Trinajstić information content (AvgIpc) is 3.41. The second kappa shape index (κ2) is 10.1. The normalized spacial score (nSPS) is 17.3.